The van der Waals surface area contributed by atoms with Gasteiger partial charge in [-0.15, -0.1) is 11.3 Å². The standard InChI is InChI=1S/C16H18N2O3S/c1-20-12-5-2-4-11(8-12)16-18-10-13(22-16)9-17-15(19)14-6-3-7-21-14/h2,4-5,8,10,14H,3,6-7,9H2,1H3,(H,17,19)/t14-/m1/s1. The van der Waals surface area contributed by atoms with Gasteiger partial charge in [-0.3, -0.25) is 4.79 Å². The van der Waals surface area contributed by atoms with Crippen LogP contribution in [0.5, 0.6) is 5.75 Å². The largest absolute Gasteiger partial charge is 0.497 e. The minimum absolute atomic E-state index is 0.0335. The van der Waals surface area contributed by atoms with Crippen LogP contribution in [0.4, 0.5) is 0 Å². The van der Waals surface area contributed by atoms with Crippen molar-refractivity contribution in [2.75, 3.05) is 13.7 Å². The number of nitrogens with one attached hydrogen (secondary N) is 1. The van der Waals surface area contributed by atoms with Crippen LogP contribution in [0.25, 0.3) is 10.6 Å². The number of hydrogen-bond acceptors (Lipinski definition) is 5. The molecular formula is C16H18N2O3S. The second kappa shape index (κ2) is 6.89. The van der Waals surface area contributed by atoms with Crippen LogP contribution in [-0.4, -0.2) is 30.7 Å². The van der Waals surface area contributed by atoms with Gasteiger partial charge in [0.1, 0.15) is 16.9 Å². The van der Waals surface area contributed by atoms with Gasteiger partial charge >= 0.3 is 0 Å². The van der Waals surface area contributed by atoms with Crippen molar-refractivity contribution in [3.05, 3.63) is 35.3 Å². The molecule has 116 valence electrons. The minimum Gasteiger partial charge on any atom is -0.497 e. The van der Waals surface area contributed by atoms with Crippen molar-refractivity contribution >= 4 is 17.2 Å². The van der Waals surface area contributed by atoms with E-state index < -0.39 is 0 Å². The molecule has 1 amide bonds. The van der Waals surface area contributed by atoms with Crippen molar-refractivity contribution in [2.45, 2.75) is 25.5 Å². The fourth-order valence-electron chi connectivity index (χ4n) is 2.35. The molecule has 1 aliphatic heterocycles. The van der Waals surface area contributed by atoms with E-state index in [9.17, 15) is 4.79 Å². The maximum Gasteiger partial charge on any atom is 0.249 e. The number of benzene rings is 1. The number of nitrogens with zero attached hydrogens (tertiary/aromatic N) is 1. The molecular weight excluding hydrogens is 300 g/mol. The third kappa shape index (κ3) is 3.45. The Kier molecular flexibility index (Phi) is 4.70. The summed E-state index contributed by atoms with van der Waals surface area (Å²) in [6.07, 6.45) is 3.28. The lowest BCUT2D eigenvalue weighted by atomic mass is 10.2. The number of carbonyl (C=O) groups is 1. The average molecular weight is 318 g/mol. The van der Waals surface area contributed by atoms with Gasteiger partial charge < -0.3 is 14.8 Å². The van der Waals surface area contributed by atoms with Crippen LogP contribution in [0.1, 0.15) is 17.7 Å². The first-order valence-corrected chi connectivity index (χ1v) is 8.06. The van der Waals surface area contributed by atoms with E-state index in [4.69, 9.17) is 9.47 Å². The van der Waals surface area contributed by atoms with E-state index in [-0.39, 0.29) is 12.0 Å². The first kappa shape index (κ1) is 15.0. The fourth-order valence-corrected chi connectivity index (χ4v) is 3.20. The Morgan fingerprint density at radius 2 is 2.45 bits per heavy atom. The normalized spacial score (nSPS) is 17.4. The molecule has 1 aliphatic rings. The van der Waals surface area contributed by atoms with Gasteiger partial charge in [0.2, 0.25) is 5.91 Å². The minimum atomic E-state index is -0.286. The summed E-state index contributed by atoms with van der Waals surface area (Å²) in [7, 11) is 1.65. The molecule has 0 radical (unpaired) electrons. The van der Waals surface area contributed by atoms with Gasteiger partial charge in [-0.1, -0.05) is 12.1 Å². The molecule has 22 heavy (non-hydrogen) atoms. The van der Waals surface area contributed by atoms with Crippen LogP contribution in [0.15, 0.2) is 30.5 Å². The molecule has 3 rings (SSSR count). The predicted molar refractivity (Wildman–Crippen MR) is 84.9 cm³/mol. The number of hydrogen-bond donors (Lipinski definition) is 1. The Morgan fingerprint density at radius 1 is 1.55 bits per heavy atom. The van der Waals surface area contributed by atoms with Crippen LogP contribution in [0.2, 0.25) is 0 Å². The number of carbonyl (C=O) groups excluding carboxylic acids is 1. The molecule has 0 bridgehead atoms. The molecule has 0 aliphatic carbocycles. The number of aromatic nitrogens is 1. The van der Waals surface area contributed by atoms with E-state index in [1.807, 2.05) is 24.3 Å². The molecule has 1 aromatic carbocycles. The highest BCUT2D eigenvalue weighted by Crippen LogP contribution is 2.27. The molecule has 1 aromatic heterocycles. The van der Waals surface area contributed by atoms with Gasteiger partial charge in [0, 0.05) is 23.2 Å². The van der Waals surface area contributed by atoms with Gasteiger partial charge in [-0.05, 0) is 25.0 Å². The molecule has 1 atom stereocenters. The Balaban J connectivity index is 1.62. The second-order valence-electron chi connectivity index (χ2n) is 5.08. The molecule has 1 saturated heterocycles. The summed E-state index contributed by atoms with van der Waals surface area (Å²) in [4.78, 5) is 17.3. The first-order chi connectivity index (χ1) is 10.8. The smallest absolute Gasteiger partial charge is 0.249 e. The lowest BCUT2D eigenvalue weighted by Crippen LogP contribution is -2.33. The lowest BCUT2D eigenvalue weighted by Gasteiger charge is -2.08. The average Bonchev–Trinajstić information content (AvgIpc) is 3.24. The second-order valence-corrected chi connectivity index (χ2v) is 6.20. The zero-order valence-electron chi connectivity index (χ0n) is 12.4. The summed E-state index contributed by atoms with van der Waals surface area (Å²) in [5, 5.41) is 3.83. The quantitative estimate of drug-likeness (QED) is 0.920. The number of amides is 1. The molecule has 0 unspecified atom stereocenters. The molecule has 2 heterocycles. The molecule has 0 saturated carbocycles. The van der Waals surface area contributed by atoms with Crippen molar-refractivity contribution in [2.24, 2.45) is 0 Å². The topological polar surface area (TPSA) is 60.5 Å². The lowest BCUT2D eigenvalue weighted by molar-refractivity contribution is -0.130. The summed E-state index contributed by atoms with van der Waals surface area (Å²) in [6, 6.07) is 7.79. The predicted octanol–water partition coefficient (Wildman–Crippen LogP) is 2.61. The Bertz CT molecular complexity index is 650. The highest BCUT2D eigenvalue weighted by molar-refractivity contribution is 7.15. The molecule has 2 aromatic rings. The third-order valence-electron chi connectivity index (χ3n) is 3.53. The Morgan fingerprint density at radius 3 is 3.23 bits per heavy atom. The molecule has 1 N–H and O–H groups in total. The number of thiazole rings is 1. The highest BCUT2D eigenvalue weighted by Gasteiger charge is 2.23. The summed E-state index contributed by atoms with van der Waals surface area (Å²) >= 11 is 1.57. The van der Waals surface area contributed by atoms with Crippen LogP contribution in [-0.2, 0) is 16.1 Å². The maximum atomic E-state index is 11.9. The fraction of sp³-hybridized carbons (Fsp3) is 0.375. The van der Waals surface area contributed by atoms with Gasteiger partial charge in [-0.25, -0.2) is 4.98 Å². The maximum absolute atomic E-state index is 11.9. The van der Waals surface area contributed by atoms with Crippen molar-refractivity contribution in [3.63, 3.8) is 0 Å². The van der Waals surface area contributed by atoms with Crippen molar-refractivity contribution in [1.82, 2.24) is 10.3 Å². The monoisotopic (exact) mass is 318 g/mol. The van der Waals surface area contributed by atoms with Crippen LogP contribution in [0.3, 0.4) is 0 Å². The highest BCUT2D eigenvalue weighted by atomic mass is 32.1. The summed E-state index contributed by atoms with van der Waals surface area (Å²) < 4.78 is 10.6. The van der Waals surface area contributed by atoms with E-state index in [0.29, 0.717) is 13.2 Å². The van der Waals surface area contributed by atoms with Gasteiger partial charge in [0.15, 0.2) is 0 Å². The molecule has 6 heteroatoms. The van der Waals surface area contributed by atoms with Crippen molar-refractivity contribution in [3.8, 4) is 16.3 Å². The molecule has 1 fully saturated rings. The molecule has 5 nitrogen and oxygen atoms in total. The Hall–Kier alpha value is -1.92. The zero-order valence-corrected chi connectivity index (χ0v) is 13.2. The van der Waals surface area contributed by atoms with Crippen LogP contribution in [0, 0.1) is 0 Å². The Labute approximate surface area is 133 Å². The summed E-state index contributed by atoms with van der Waals surface area (Å²) in [6.45, 7) is 1.17. The SMILES string of the molecule is COc1cccc(-c2ncc(CNC(=O)[C@H]3CCCO3)s2)c1. The van der Waals surface area contributed by atoms with Gasteiger partial charge in [0.05, 0.1) is 13.7 Å². The first-order valence-electron chi connectivity index (χ1n) is 7.25. The van der Waals surface area contributed by atoms with Crippen LogP contribution >= 0.6 is 11.3 Å². The van der Waals surface area contributed by atoms with Crippen molar-refractivity contribution < 1.29 is 14.3 Å². The van der Waals surface area contributed by atoms with E-state index in [1.165, 1.54) is 0 Å². The number of rotatable bonds is 5. The third-order valence-corrected chi connectivity index (χ3v) is 4.58. The van der Waals surface area contributed by atoms with E-state index >= 15 is 0 Å². The number of ether oxygens (including phenoxy) is 2. The number of methoxy groups -OCH3 is 1. The van der Waals surface area contributed by atoms with E-state index in [2.05, 4.69) is 10.3 Å². The molecule has 0 spiro atoms. The van der Waals surface area contributed by atoms with Crippen molar-refractivity contribution in [1.29, 1.82) is 0 Å². The van der Waals surface area contributed by atoms with Crippen LogP contribution < -0.4 is 10.1 Å². The van der Waals surface area contributed by atoms with Gasteiger partial charge in [-0.2, -0.15) is 0 Å². The summed E-state index contributed by atoms with van der Waals surface area (Å²) in [5.74, 6) is 0.773. The summed E-state index contributed by atoms with van der Waals surface area (Å²) in [5.41, 5.74) is 1.01. The van der Waals surface area contributed by atoms with Gasteiger partial charge in [0.25, 0.3) is 0 Å². The zero-order chi connectivity index (χ0) is 15.4. The van der Waals surface area contributed by atoms with E-state index in [1.54, 1.807) is 24.6 Å². The van der Waals surface area contributed by atoms with E-state index in [0.717, 1.165) is 34.0 Å².